The van der Waals surface area contributed by atoms with Crippen molar-refractivity contribution in [1.82, 2.24) is 0 Å². The van der Waals surface area contributed by atoms with Crippen LogP contribution in [0.15, 0.2) is 11.8 Å². The Balaban J connectivity index is 2.39. The summed E-state index contributed by atoms with van der Waals surface area (Å²) in [6, 6.07) is 2.28. The van der Waals surface area contributed by atoms with Crippen molar-refractivity contribution < 1.29 is 9.13 Å². The Hall–Kier alpha value is -1.04. The molecule has 15 heavy (non-hydrogen) atoms. The van der Waals surface area contributed by atoms with Gasteiger partial charge in [0, 0.05) is 6.42 Å². The lowest BCUT2D eigenvalue weighted by Gasteiger charge is -2.24. The Morgan fingerprint density at radius 3 is 3.00 bits per heavy atom. The summed E-state index contributed by atoms with van der Waals surface area (Å²) in [7, 11) is 0. The average molecular weight is 211 g/mol. The molecule has 2 nitrogen and oxygen atoms in total. The molecule has 1 aliphatic carbocycles. The van der Waals surface area contributed by atoms with Gasteiger partial charge in [0.05, 0.1) is 17.7 Å². The van der Waals surface area contributed by atoms with E-state index >= 15 is 0 Å². The van der Waals surface area contributed by atoms with E-state index in [1.165, 1.54) is 0 Å². The summed E-state index contributed by atoms with van der Waals surface area (Å²) in [6.45, 7) is 3.99. The summed E-state index contributed by atoms with van der Waals surface area (Å²) in [5, 5.41) is 8.82. The summed E-state index contributed by atoms with van der Waals surface area (Å²) >= 11 is 0. The van der Waals surface area contributed by atoms with Crippen molar-refractivity contribution in [3.05, 3.63) is 11.8 Å². The number of nitriles is 1. The Labute approximate surface area is 90.7 Å². The van der Waals surface area contributed by atoms with Crippen molar-refractivity contribution in [3.63, 3.8) is 0 Å². The largest absolute Gasteiger partial charge is 0.495 e. The Kier molecular flexibility index (Phi) is 4.61. The van der Waals surface area contributed by atoms with E-state index < -0.39 is 6.17 Å². The summed E-state index contributed by atoms with van der Waals surface area (Å²) in [5.41, 5.74) is 0. The number of hydrogen-bond acceptors (Lipinski definition) is 2. The van der Waals surface area contributed by atoms with Crippen LogP contribution in [0.3, 0.4) is 0 Å². The fourth-order valence-electron chi connectivity index (χ4n) is 1.65. The highest BCUT2D eigenvalue weighted by molar-refractivity contribution is 5.06. The Morgan fingerprint density at radius 1 is 1.73 bits per heavy atom. The lowest BCUT2D eigenvalue weighted by atomic mass is 9.85. The topological polar surface area (TPSA) is 33.0 Å². The number of nitrogens with zero attached hydrogens (tertiary/aromatic N) is 1. The monoisotopic (exact) mass is 211 g/mol. The van der Waals surface area contributed by atoms with E-state index in [9.17, 15) is 4.39 Å². The Morgan fingerprint density at radius 2 is 2.47 bits per heavy atom. The number of halogens is 1. The maximum Gasteiger partial charge on any atom is 0.134 e. The molecule has 1 unspecified atom stereocenters. The molecule has 84 valence electrons. The van der Waals surface area contributed by atoms with Crippen LogP contribution in [0, 0.1) is 23.2 Å². The van der Waals surface area contributed by atoms with Crippen molar-refractivity contribution in [3.8, 4) is 6.07 Å². The second kappa shape index (κ2) is 5.75. The molecule has 0 aliphatic heterocycles. The third kappa shape index (κ3) is 3.54. The molecule has 0 bridgehead atoms. The van der Waals surface area contributed by atoms with Crippen LogP contribution in [-0.4, -0.2) is 12.8 Å². The molecule has 1 rings (SSSR count). The van der Waals surface area contributed by atoms with Gasteiger partial charge >= 0.3 is 0 Å². The van der Waals surface area contributed by atoms with Crippen LogP contribution in [0.1, 0.15) is 33.1 Å². The zero-order valence-electron chi connectivity index (χ0n) is 9.37. The van der Waals surface area contributed by atoms with E-state index in [0.29, 0.717) is 12.3 Å². The van der Waals surface area contributed by atoms with E-state index in [-0.39, 0.29) is 12.5 Å². The fraction of sp³-hybridized carbons (Fsp3) is 0.750. The lowest BCUT2D eigenvalue weighted by molar-refractivity contribution is 0.114. The van der Waals surface area contributed by atoms with E-state index in [2.05, 4.69) is 6.07 Å². The third-order valence-electron chi connectivity index (χ3n) is 2.87. The molecule has 3 atom stereocenters. The first-order chi connectivity index (χ1) is 7.17. The molecule has 0 saturated carbocycles. The molecular weight excluding hydrogens is 193 g/mol. The molecule has 0 amide bonds. The van der Waals surface area contributed by atoms with Gasteiger partial charge in [0.15, 0.2) is 0 Å². The average Bonchev–Trinajstić information content (AvgIpc) is 2.26. The van der Waals surface area contributed by atoms with Gasteiger partial charge in [-0.2, -0.15) is 5.26 Å². The summed E-state index contributed by atoms with van der Waals surface area (Å²) in [4.78, 5) is 0. The molecule has 0 fully saturated rings. The maximum absolute atomic E-state index is 12.9. The standard InChI is InChI=1S/C12H18FNO/c1-3-11(13)8-15-12-5-4-10(7-14)9(2)6-12/h5,9-11H,3-4,6,8H2,1-2H3/t9-,10+,11?/m1/s1. The summed E-state index contributed by atoms with van der Waals surface area (Å²) in [5.74, 6) is 1.25. The fourth-order valence-corrected chi connectivity index (χ4v) is 1.65. The first-order valence-corrected chi connectivity index (χ1v) is 5.52. The minimum atomic E-state index is -0.880. The van der Waals surface area contributed by atoms with Crippen LogP contribution < -0.4 is 0 Å². The van der Waals surface area contributed by atoms with Gasteiger partial charge in [-0.05, 0) is 24.8 Å². The number of rotatable bonds is 4. The molecule has 0 aromatic carbocycles. The molecule has 0 aromatic rings. The first kappa shape index (κ1) is 12.0. The first-order valence-electron chi connectivity index (χ1n) is 5.52. The van der Waals surface area contributed by atoms with E-state index in [0.717, 1.165) is 18.6 Å². The predicted molar refractivity (Wildman–Crippen MR) is 56.7 cm³/mol. The van der Waals surface area contributed by atoms with Crippen molar-refractivity contribution in [2.45, 2.75) is 39.3 Å². The van der Waals surface area contributed by atoms with Gasteiger partial charge in [-0.15, -0.1) is 0 Å². The normalized spacial score (nSPS) is 27.7. The molecular formula is C12H18FNO. The summed E-state index contributed by atoms with van der Waals surface area (Å²) < 4.78 is 18.3. The predicted octanol–water partition coefficient (Wildman–Crippen LogP) is 3.20. The van der Waals surface area contributed by atoms with Crippen LogP contribution in [0.4, 0.5) is 4.39 Å². The highest BCUT2D eigenvalue weighted by atomic mass is 19.1. The third-order valence-corrected chi connectivity index (χ3v) is 2.87. The smallest absolute Gasteiger partial charge is 0.134 e. The second-order valence-electron chi connectivity index (χ2n) is 4.14. The van der Waals surface area contributed by atoms with Gasteiger partial charge in [-0.3, -0.25) is 0 Å². The molecule has 0 spiro atoms. The van der Waals surface area contributed by atoms with Gasteiger partial charge in [0.2, 0.25) is 0 Å². The molecule has 0 heterocycles. The molecule has 0 saturated heterocycles. The zero-order chi connectivity index (χ0) is 11.3. The van der Waals surface area contributed by atoms with Gasteiger partial charge in [-0.25, -0.2) is 4.39 Å². The second-order valence-corrected chi connectivity index (χ2v) is 4.14. The summed E-state index contributed by atoms with van der Waals surface area (Å²) in [6.07, 6.45) is 3.03. The van der Waals surface area contributed by atoms with Crippen LogP contribution in [0.2, 0.25) is 0 Å². The van der Waals surface area contributed by atoms with Crippen molar-refractivity contribution >= 4 is 0 Å². The molecule has 1 aliphatic rings. The number of alkyl halides is 1. The molecule has 3 heteroatoms. The van der Waals surface area contributed by atoms with E-state index in [4.69, 9.17) is 10.00 Å². The SMILES string of the molecule is CCC(F)COC1=CC[C@@H](C#N)[C@H](C)C1. The Bertz CT molecular complexity index is 269. The van der Waals surface area contributed by atoms with Crippen LogP contribution >= 0.6 is 0 Å². The van der Waals surface area contributed by atoms with Gasteiger partial charge in [0.1, 0.15) is 12.8 Å². The minimum Gasteiger partial charge on any atom is -0.495 e. The van der Waals surface area contributed by atoms with Crippen LogP contribution in [0.25, 0.3) is 0 Å². The maximum atomic E-state index is 12.9. The van der Waals surface area contributed by atoms with E-state index in [1.54, 1.807) is 6.92 Å². The minimum absolute atomic E-state index is 0.0877. The van der Waals surface area contributed by atoms with Crippen LogP contribution in [-0.2, 0) is 4.74 Å². The van der Waals surface area contributed by atoms with Crippen LogP contribution in [0.5, 0.6) is 0 Å². The zero-order valence-corrected chi connectivity index (χ0v) is 9.37. The van der Waals surface area contributed by atoms with Crippen molar-refractivity contribution in [2.24, 2.45) is 11.8 Å². The van der Waals surface area contributed by atoms with Gasteiger partial charge in [0.25, 0.3) is 0 Å². The van der Waals surface area contributed by atoms with Gasteiger partial charge in [-0.1, -0.05) is 13.8 Å². The van der Waals surface area contributed by atoms with Gasteiger partial charge < -0.3 is 4.74 Å². The molecule has 0 N–H and O–H groups in total. The highest BCUT2D eigenvalue weighted by Crippen LogP contribution is 2.29. The molecule has 0 aromatic heterocycles. The number of ether oxygens (including phenoxy) is 1. The lowest BCUT2D eigenvalue weighted by Crippen LogP contribution is -2.17. The quantitative estimate of drug-likeness (QED) is 0.715. The molecule has 0 radical (unpaired) electrons. The number of hydrogen-bond donors (Lipinski definition) is 0. The van der Waals surface area contributed by atoms with Crippen molar-refractivity contribution in [2.75, 3.05) is 6.61 Å². The van der Waals surface area contributed by atoms with E-state index in [1.807, 2.05) is 13.0 Å². The highest BCUT2D eigenvalue weighted by Gasteiger charge is 2.22. The van der Waals surface area contributed by atoms with Crippen molar-refractivity contribution in [1.29, 1.82) is 5.26 Å². The number of allylic oxidation sites excluding steroid dienone is 2.